The number of aliphatic carboxylic acids is 1. The monoisotopic (exact) mass is 390 g/mol. The van der Waals surface area contributed by atoms with Crippen LogP contribution in [0.15, 0.2) is 18.2 Å². The lowest BCUT2D eigenvalue weighted by molar-refractivity contribution is -0.147. The molecule has 0 atom stereocenters. The van der Waals surface area contributed by atoms with Crippen LogP contribution in [-0.2, 0) is 11.3 Å². The fourth-order valence-electron chi connectivity index (χ4n) is 1.62. The van der Waals surface area contributed by atoms with Crippen LogP contribution in [0.3, 0.4) is 0 Å². The van der Waals surface area contributed by atoms with Gasteiger partial charge in [0.15, 0.2) is 5.82 Å². The lowest BCUT2D eigenvalue weighted by Crippen LogP contribution is -2.30. The van der Waals surface area contributed by atoms with E-state index in [-0.39, 0.29) is 12.4 Å². The standard InChI is InChI=1S/C12H12FIN4O2/c1-12(2,11(19)20)6-18-10(15-16-17-18)8-4-3-7(13)5-9(8)14/h3-5H,6H2,1-2H3,(H,19,20). The normalized spacial score (nSPS) is 11.6. The van der Waals surface area contributed by atoms with E-state index in [1.807, 2.05) is 22.6 Å². The van der Waals surface area contributed by atoms with Gasteiger partial charge in [-0.3, -0.25) is 4.79 Å². The highest BCUT2D eigenvalue weighted by Crippen LogP contribution is 2.26. The quantitative estimate of drug-likeness (QED) is 0.810. The van der Waals surface area contributed by atoms with E-state index in [0.29, 0.717) is 15.0 Å². The fraction of sp³-hybridized carbons (Fsp3) is 0.333. The average molecular weight is 390 g/mol. The minimum Gasteiger partial charge on any atom is -0.481 e. The topological polar surface area (TPSA) is 80.9 Å². The maximum absolute atomic E-state index is 13.1. The van der Waals surface area contributed by atoms with E-state index in [9.17, 15) is 9.18 Å². The summed E-state index contributed by atoms with van der Waals surface area (Å²) in [7, 11) is 0. The molecule has 0 fully saturated rings. The molecule has 0 aliphatic heterocycles. The third kappa shape index (κ3) is 2.94. The van der Waals surface area contributed by atoms with E-state index in [4.69, 9.17) is 5.11 Å². The summed E-state index contributed by atoms with van der Waals surface area (Å²) in [5.41, 5.74) is -0.339. The number of benzene rings is 1. The van der Waals surface area contributed by atoms with Crippen LogP contribution in [-0.4, -0.2) is 31.3 Å². The Bertz CT molecular complexity index is 657. The van der Waals surface area contributed by atoms with Gasteiger partial charge in [0.25, 0.3) is 0 Å². The van der Waals surface area contributed by atoms with E-state index in [1.54, 1.807) is 19.9 Å². The lowest BCUT2D eigenvalue weighted by Gasteiger charge is -2.19. The molecule has 0 aliphatic carbocycles. The number of hydrogen-bond donors (Lipinski definition) is 1. The molecule has 0 amide bonds. The van der Waals surface area contributed by atoms with Gasteiger partial charge in [0.2, 0.25) is 0 Å². The first-order chi connectivity index (χ1) is 9.31. The Kier molecular flexibility index (Phi) is 4.02. The van der Waals surface area contributed by atoms with Crippen LogP contribution >= 0.6 is 22.6 Å². The molecular weight excluding hydrogens is 378 g/mol. The summed E-state index contributed by atoms with van der Waals surface area (Å²) in [4.78, 5) is 11.2. The molecule has 2 aromatic rings. The Morgan fingerprint density at radius 3 is 2.80 bits per heavy atom. The molecule has 0 bridgehead atoms. The summed E-state index contributed by atoms with van der Waals surface area (Å²) in [6, 6.07) is 4.27. The van der Waals surface area contributed by atoms with Crippen LogP contribution in [0.5, 0.6) is 0 Å². The van der Waals surface area contributed by atoms with Gasteiger partial charge in [0.05, 0.1) is 12.0 Å². The van der Waals surface area contributed by atoms with E-state index in [2.05, 4.69) is 15.5 Å². The van der Waals surface area contributed by atoms with Crippen molar-refractivity contribution < 1.29 is 14.3 Å². The third-order valence-corrected chi connectivity index (χ3v) is 3.72. The number of nitrogens with zero attached hydrogens (tertiary/aromatic N) is 4. The van der Waals surface area contributed by atoms with Gasteiger partial charge < -0.3 is 5.11 Å². The van der Waals surface area contributed by atoms with Gasteiger partial charge >= 0.3 is 5.97 Å². The summed E-state index contributed by atoms with van der Waals surface area (Å²) in [6.45, 7) is 3.31. The van der Waals surface area contributed by atoms with Crippen molar-refractivity contribution in [2.75, 3.05) is 0 Å². The second-order valence-corrected chi connectivity index (χ2v) is 6.14. The van der Waals surface area contributed by atoms with Crippen LogP contribution in [0, 0.1) is 14.8 Å². The van der Waals surface area contributed by atoms with Crippen molar-refractivity contribution in [2.24, 2.45) is 5.41 Å². The van der Waals surface area contributed by atoms with Crippen LogP contribution < -0.4 is 0 Å². The van der Waals surface area contributed by atoms with Gasteiger partial charge in [-0.05, 0) is 65.1 Å². The molecule has 0 spiro atoms. The molecule has 106 valence electrons. The van der Waals surface area contributed by atoms with Crippen LogP contribution in [0.1, 0.15) is 13.8 Å². The molecule has 6 nitrogen and oxygen atoms in total. The Labute approximate surface area is 128 Å². The highest BCUT2D eigenvalue weighted by atomic mass is 127. The minimum absolute atomic E-state index is 0.123. The van der Waals surface area contributed by atoms with Crippen LogP contribution in [0.2, 0.25) is 0 Å². The molecule has 0 aliphatic rings. The zero-order valence-electron chi connectivity index (χ0n) is 10.8. The van der Waals surface area contributed by atoms with Crippen molar-refractivity contribution in [1.82, 2.24) is 20.2 Å². The average Bonchev–Trinajstić information content (AvgIpc) is 2.76. The van der Waals surface area contributed by atoms with Crippen LogP contribution in [0.25, 0.3) is 11.4 Å². The van der Waals surface area contributed by atoms with E-state index < -0.39 is 11.4 Å². The summed E-state index contributed by atoms with van der Waals surface area (Å²) >= 11 is 1.99. The molecule has 0 radical (unpaired) electrons. The SMILES string of the molecule is CC(C)(Cn1nnnc1-c1ccc(F)cc1I)C(=O)O. The van der Waals surface area contributed by atoms with Gasteiger partial charge in [-0.1, -0.05) is 0 Å². The minimum atomic E-state index is -1.00. The highest BCUT2D eigenvalue weighted by molar-refractivity contribution is 14.1. The number of aromatic nitrogens is 4. The largest absolute Gasteiger partial charge is 0.481 e. The first-order valence-corrected chi connectivity index (χ1v) is 6.84. The van der Waals surface area contributed by atoms with Crippen molar-refractivity contribution in [3.63, 3.8) is 0 Å². The number of hydrogen-bond acceptors (Lipinski definition) is 4. The Morgan fingerprint density at radius 1 is 1.50 bits per heavy atom. The molecule has 8 heteroatoms. The second kappa shape index (κ2) is 5.43. The van der Waals surface area contributed by atoms with Gasteiger partial charge in [-0.15, -0.1) is 5.10 Å². The number of carboxylic acid groups (broad SMARTS) is 1. The van der Waals surface area contributed by atoms with E-state index in [1.165, 1.54) is 16.8 Å². The molecule has 1 aromatic heterocycles. The lowest BCUT2D eigenvalue weighted by atomic mass is 9.94. The molecule has 0 unspecified atom stereocenters. The van der Waals surface area contributed by atoms with Crippen molar-refractivity contribution in [1.29, 1.82) is 0 Å². The summed E-state index contributed by atoms with van der Waals surface area (Å²) in [5, 5.41) is 20.5. The maximum atomic E-state index is 13.1. The number of rotatable bonds is 4. The molecule has 0 saturated carbocycles. The summed E-state index contributed by atoms with van der Waals surface area (Å²) < 4.78 is 15.2. The summed E-state index contributed by atoms with van der Waals surface area (Å²) in [5.74, 6) is -0.862. The maximum Gasteiger partial charge on any atom is 0.310 e. The van der Waals surface area contributed by atoms with Crippen molar-refractivity contribution in [3.05, 3.63) is 27.6 Å². The Hall–Kier alpha value is -1.58. The van der Waals surface area contributed by atoms with Gasteiger partial charge in [-0.25, -0.2) is 9.07 Å². The number of carboxylic acids is 1. The molecule has 2 rings (SSSR count). The predicted molar refractivity (Wildman–Crippen MR) is 77.3 cm³/mol. The molecular formula is C12H12FIN4O2. The van der Waals surface area contributed by atoms with E-state index in [0.717, 1.165) is 0 Å². The first-order valence-electron chi connectivity index (χ1n) is 5.76. The van der Waals surface area contributed by atoms with Gasteiger partial charge in [0, 0.05) is 9.13 Å². The highest BCUT2D eigenvalue weighted by Gasteiger charge is 2.29. The van der Waals surface area contributed by atoms with Crippen LogP contribution in [0.4, 0.5) is 4.39 Å². The smallest absolute Gasteiger partial charge is 0.310 e. The predicted octanol–water partition coefficient (Wildman–Crippen LogP) is 2.19. The van der Waals surface area contributed by atoms with Crippen molar-refractivity contribution >= 4 is 28.6 Å². The molecule has 1 N–H and O–H groups in total. The fourth-order valence-corrected chi connectivity index (χ4v) is 2.34. The van der Waals surface area contributed by atoms with Gasteiger partial charge in [-0.2, -0.15) is 0 Å². The Morgan fingerprint density at radius 2 is 2.20 bits per heavy atom. The van der Waals surface area contributed by atoms with E-state index >= 15 is 0 Å². The molecule has 20 heavy (non-hydrogen) atoms. The zero-order valence-corrected chi connectivity index (χ0v) is 13.0. The number of tetrazole rings is 1. The van der Waals surface area contributed by atoms with Gasteiger partial charge in [0.1, 0.15) is 5.82 Å². The van der Waals surface area contributed by atoms with Crippen molar-refractivity contribution in [2.45, 2.75) is 20.4 Å². The second-order valence-electron chi connectivity index (χ2n) is 4.97. The Balaban J connectivity index is 2.41. The van der Waals surface area contributed by atoms with Crippen molar-refractivity contribution in [3.8, 4) is 11.4 Å². The zero-order chi connectivity index (χ0) is 14.9. The molecule has 0 saturated heterocycles. The molecule has 1 heterocycles. The molecule has 1 aromatic carbocycles. The third-order valence-electron chi connectivity index (χ3n) is 2.83. The number of carbonyl (C=O) groups is 1. The number of halogens is 2. The first kappa shape index (κ1) is 14.8. The summed E-state index contributed by atoms with van der Waals surface area (Å²) in [6.07, 6.45) is 0.